The molecule has 0 saturated heterocycles. The lowest BCUT2D eigenvalue weighted by Gasteiger charge is -2.26. The van der Waals surface area contributed by atoms with Crippen molar-refractivity contribution < 1.29 is 14.3 Å². The maximum Gasteiger partial charge on any atom is 0.323 e. The minimum Gasteiger partial charge on any atom is -0.482 e. The van der Waals surface area contributed by atoms with Gasteiger partial charge in [-0.3, -0.25) is 4.79 Å². The van der Waals surface area contributed by atoms with Gasteiger partial charge >= 0.3 is 5.97 Å². The molecule has 0 aromatic heterocycles. The first-order chi connectivity index (χ1) is 10.6. The van der Waals surface area contributed by atoms with Crippen LogP contribution in [0.4, 0.5) is 0 Å². The summed E-state index contributed by atoms with van der Waals surface area (Å²) in [4.78, 5) is 11.7. The van der Waals surface area contributed by atoms with Crippen LogP contribution in [-0.4, -0.2) is 18.1 Å². The quantitative estimate of drug-likeness (QED) is 0.833. The Bertz CT molecular complexity index is 584. The maximum atomic E-state index is 11.7. The standard InChI is InChI=1S/C18H21NO3/c1-13(19)18(20)21-14(2)17(15-9-5-3-6-10-15)22-16-11-7-4-8-12-16/h3-14,17H,19H2,1-2H3/t13-,14+,17+/m0/s1. The summed E-state index contributed by atoms with van der Waals surface area (Å²) in [6.07, 6.45) is -0.854. The molecule has 3 atom stereocenters. The van der Waals surface area contributed by atoms with Gasteiger partial charge in [0.2, 0.25) is 0 Å². The zero-order valence-corrected chi connectivity index (χ0v) is 12.8. The predicted molar refractivity (Wildman–Crippen MR) is 85.5 cm³/mol. The third kappa shape index (κ3) is 4.33. The number of hydrogen-bond donors (Lipinski definition) is 1. The minimum absolute atomic E-state index is 0.397. The van der Waals surface area contributed by atoms with Gasteiger partial charge in [0.05, 0.1) is 0 Å². The van der Waals surface area contributed by atoms with Gasteiger partial charge in [0.1, 0.15) is 17.9 Å². The second-order valence-corrected chi connectivity index (χ2v) is 5.19. The summed E-state index contributed by atoms with van der Waals surface area (Å²) >= 11 is 0. The topological polar surface area (TPSA) is 61.6 Å². The van der Waals surface area contributed by atoms with E-state index in [2.05, 4.69) is 0 Å². The molecular weight excluding hydrogens is 278 g/mol. The van der Waals surface area contributed by atoms with Gasteiger partial charge in [-0.05, 0) is 31.5 Å². The molecule has 0 aliphatic heterocycles. The molecule has 0 amide bonds. The largest absolute Gasteiger partial charge is 0.482 e. The molecule has 0 bridgehead atoms. The Labute approximate surface area is 130 Å². The third-order valence-electron chi connectivity index (χ3n) is 3.23. The molecule has 2 rings (SSSR count). The number of para-hydroxylation sites is 1. The Morgan fingerprint density at radius 2 is 1.50 bits per heavy atom. The van der Waals surface area contributed by atoms with Gasteiger partial charge in [-0.1, -0.05) is 48.5 Å². The molecule has 0 fully saturated rings. The van der Waals surface area contributed by atoms with Crippen LogP contribution in [0.2, 0.25) is 0 Å². The highest BCUT2D eigenvalue weighted by Crippen LogP contribution is 2.26. The zero-order chi connectivity index (χ0) is 15.9. The number of ether oxygens (including phenoxy) is 2. The Balaban J connectivity index is 2.20. The minimum atomic E-state index is -0.657. The Morgan fingerprint density at radius 3 is 2.05 bits per heavy atom. The van der Waals surface area contributed by atoms with Crippen LogP contribution in [0.25, 0.3) is 0 Å². The summed E-state index contributed by atoms with van der Waals surface area (Å²) in [5.41, 5.74) is 6.50. The van der Waals surface area contributed by atoms with E-state index in [0.717, 1.165) is 11.3 Å². The summed E-state index contributed by atoms with van der Waals surface area (Å²) in [5, 5.41) is 0. The number of carbonyl (C=O) groups is 1. The highest BCUT2D eigenvalue weighted by molar-refractivity contribution is 5.75. The summed E-state index contributed by atoms with van der Waals surface area (Å²) in [5.74, 6) is 0.283. The van der Waals surface area contributed by atoms with Gasteiger partial charge in [-0.2, -0.15) is 0 Å². The highest BCUT2D eigenvalue weighted by atomic mass is 16.6. The molecule has 0 spiro atoms. The predicted octanol–water partition coefficient (Wildman–Crippen LogP) is 3.09. The van der Waals surface area contributed by atoms with E-state index in [1.165, 1.54) is 0 Å². The van der Waals surface area contributed by atoms with Crippen LogP contribution in [0.5, 0.6) is 5.75 Å². The summed E-state index contributed by atoms with van der Waals surface area (Å²) in [7, 11) is 0. The molecule has 2 aromatic rings. The molecule has 22 heavy (non-hydrogen) atoms. The van der Waals surface area contributed by atoms with Gasteiger partial charge in [-0.15, -0.1) is 0 Å². The molecule has 4 nitrogen and oxygen atoms in total. The fourth-order valence-corrected chi connectivity index (χ4v) is 2.08. The fraction of sp³-hybridized carbons (Fsp3) is 0.278. The zero-order valence-electron chi connectivity index (χ0n) is 12.8. The van der Waals surface area contributed by atoms with Gasteiger partial charge in [0, 0.05) is 0 Å². The first-order valence-corrected chi connectivity index (χ1v) is 7.30. The monoisotopic (exact) mass is 299 g/mol. The number of rotatable bonds is 6. The SMILES string of the molecule is C[C@H](N)C(=O)O[C@H](C)[C@@H](Oc1ccccc1)c1ccccc1. The average molecular weight is 299 g/mol. The van der Waals surface area contributed by atoms with E-state index in [4.69, 9.17) is 15.2 Å². The molecule has 0 saturated carbocycles. The van der Waals surface area contributed by atoms with Crippen LogP contribution in [0.3, 0.4) is 0 Å². The molecule has 0 heterocycles. The van der Waals surface area contributed by atoms with E-state index in [1.807, 2.05) is 60.7 Å². The van der Waals surface area contributed by atoms with Crippen molar-refractivity contribution in [2.75, 3.05) is 0 Å². The van der Waals surface area contributed by atoms with Crippen LogP contribution in [0.1, 0.15) is 25.5 Å². The first-order valence-electron chi connectivity index (χ1n) is 7.30. The number of hydrogen-bond acceptors (Lipinski definition) is 4. The molecule has 2 N–H and O–H groups in total. The van der Waals surface area contributed by atoms with Crippen molar-refractivity contribution in [3.8, 4) is 5.75 Å². The average Bonchev–Trinajstić information content (AvgIpc) is 2.54. The van der Waals surface area contributed by atoms with Crippen molar-refractivity contribution in [1.29, 1.82) is 0 Å². The van der Waals surface area contributed by atoms with Crippen LogP contribution in [0, 0.1) is 0 Å². The van der Waals surface area contributed by atoms with Crippen molar-refractivity contribution in [3.05, 3.63) is 66.2 Å². The number of nitrogens with two attached hydrogens (primary N) is 1. The van der Waals surface area contributed by atoms with Crippen LogP contribution in [-0.2, 0) is 9.53 Å². The third-order valence-corrected chi connectivity index (χ3v) is 3.23. The van der Waals surface area contributed by atoms with Crippen molar-refractivity contribution in [3.63, 3.8) is 0 Å². The molecule has 4 heteroatoms. The van der Waals surface area contributed by atoms with Gasteiger partial charge in [-0.25, -0.2) is 0 Å². The lowest BCUT2D eigenvalue weighted by atomic mass is 10.0. The fourth-order valence-electron chi connectivity index (χ4n) is 2.08. The summed E-state index contributed by atoms with van der Waals surface area (Å²) in [6.45, 7) is 3.41. The highest BCUT2D eigenvalue weighted by Gasteiger charge is 2.25. The Hall–Kier alpha value is -2.33. The normalized spacial score (nSPS) is 14.7. The molecular formula is C18H21NO3. The van der Waals surface area contributed by atoms with Crippen LogP contribution < -0.4 is 10.5 Å². The first kappa shape index (κ1) is 16.0. The van der Waals surface area contributed by atoms with E-state index in [9.17, 15) is 4.79 Å². The number of carbonyl (C=O) groups excluding carboxylic acids is 1. The van der Waals surface area contributed by atoms with E-state index in [-0.39, 0.29) is 0 Å². The second-order valence-electron chi connectivity index (χ2n) is 5.19. The van der Waals surface area contributed by atoms with Crippen molar-refractivity contribution in [2.45, 2.75) is 32.1 Å². The van der Waals surface area contributed by atoms with Crippen molar-refractivity contribution in [1.82, 2.24) is 0 Å². The van der Waals surface area contributed by atoms with E-state index in [1.54, 1.807) is 13.8 Å². The van der Waals surface area contributed by atoms with E-state index < -0.39 is 24.2 Å². The number of benzene rings is 2. The van der Waals surface area contributed by atoms with Crippen molar-refractivity contribution in [2.24, 2.45) is 5.73 Å². The van der Waals surface area contributed by atoms with E-state index in [0.29, 0.717) is 0 Å². The second kappa shape index (κ2) is 7.61. The molecule has 0 aliphatic rings. The molecule has 116 valence electrons. The lowest BCUT2D eigenvalue weighted by Crippen LogP contribution is -2.34. The van der Waals surface area contributed by atoms with E-state index >= 15 is 0 Å². The Kier molecular flexibility index (Phi) is 5.55. The van der Waals surface area contributed by atoms with Gasteiger partial charge < -0.3 is 15.2 Å². The Morgan fingerprint density at radius 1 is 0.955 bits per heavy atom. The maximum absolute atomic E-state index is 11.7. The summed E-state index contributed by atoms with van der Waals surface area (Å²) in [6, 6.07) is 18.5. The van der Waals surface area contributed by atoms with Crippen molar-refractivity contribution >= 4 is 5.97 Å². The molecule has 0 aliphatic carbocycles. The summed E-state index contributed by atoms with van der Waals surface area (Å²) < 4.78 is 11.4. The smallest absolute Gasteiger partial charge is 0.323 e. The lowest BCUT2D eigenvalue weighted by molar-refractivity contribution is -0.154. The van der Waals surface area contributed by atoms with Crippen LogP contribution >= 0.6 is 0 Å². The molecule has 0 radical (unpaired) electrons. The van der Waals surface area contributed by atoms with Gasteiger partial charge in [0.25, 0.3) is 0 Å². The van der Waals surface area contributed by atoms with Gasteiger partial charge in [0.15, 0.2) is 6.10 Å². The molecule has 2 aromatic carbocycles. The van der Waals surface area contributed by atoms with Crippen LogP contribution in [0.15, 0.2) is 60.7 Å². The molecule has 0 unspecified atom stereocenters. The number of esters is 1.